The summed E-state index contributed by atoms with van der Waals surface area (Å²) in [7, 11) is 0. The number of aromatic nitrogens is 1. The van der Waals surface area contributed by atoms with Crippen molar-refractivity contribution in [1.82, 2.24) is 10.3 Å². The van der Waals surface area contributed by atoms with E-state index in [-0.39, 0.29) is 17.7 Å². The van der Waals surface area contributed by atoms with Gasteiger partial charge < -0.3 is 10.1 Å². The number of carbonyl (C=O) groups is 1. The maximum absolute atomic E-state index is 12.4. The Kier molecular flexibility index (Phi) is 5.82. The Morgan fingerprint density at radius 1 is 1.32 bits per heavy atom. The molecule has 1 aliphatic rings. The molecule has 2 aromatic rings. The molecule has 1 saturated carbocycles. The molecule has 6 heteroatoms. The second-order valence-corrected chi connectivity index (χ2v) is 6.97. The van der Waals surface area contributed by atoms with Crippen molar-refractivity contribution in [2.45, 2.75) is 32.2 Å². The molecule has 1 heterocycles. The summed E-state index contributed by atoms with van der Waals surface area (Å²) in [6, 6.07) is 9.32. The van der Waals surface area contributed by atoms with Gasteiger partial charge in [-0.2, -0.15) is 0 Å². The number of ether oxygens (including phenoxy) is 1. The van der Waals surface area contributed by atoms with Crippen molar-refractivity contribution in [2.24, 2.45) is 5.92 Å². The predicted octanol–water partition coefficient (Wildman–Crippen LogP) is 4.60. The summed E-state index contributed by atoms with van der Waals surface area (Å²) in [4.78, 5) is 16.6. The predicted molar refractivity (Wildman–Crippen MR) is 99.2 cm³/mol. The Labute approximate surface area is 157 Å². The van der Waals surface area contributed by atoms with Crippen LogP contribution in [0.1, 0.15) is 36.8 Å². The van der Waals surface area contributed by atoms with Gasteiger partial charge in [-0.1, -0.05) is 42.3 Å². The van der Waals surface area contributed by atoms with Gasteiger partial charge >= 0.3 is 0 Å². The van der Waals surface area contributed by atoms with E-state index in [4.69, 9.17) is 27.9 Å². The highest BCUT2D eigenvalue weighted by Crippen LogP contribution is 2.48. The van der Waals surface area contributed by atoms with E-state index in [1.54, 1.807) is 12.3 Å². The lowest BCUT2D eigenvalue weighted by Gasteiger charge is -2.10. The zero-order valence-electron chi connectivity index (χ0n) is 14.0. The van der Waals surface area contributed by atoms with E-state index < -0.39 is 0 Å². The van der Waals surface area contributed by atoms with Gasteiger partial charge in [0.15, 0.2) is 0 Å². The smallest absolute Gasteiger partial charge is 0.224 e. The highest BCUT2D eigenvalue weighted by molar-refractivity contribution is 6.42. The van der Waals surface area contributed by atoms with E-state index in [2.05, 4.69) is 10.3 Å². The first-order chi connectivity index (χ1) is 12.1. The van der Waals surface area contributed by atoms with E-state index >= 15 is 0 Å². The fraction of sp³-hybridized carbons (Fsp3) is 0.368. The maximum atomic E-state index is 12.4. The van der Waals surface area contributed by atoms with Crippen molar-refractivity contribution in [3.63, 3.8) is 0 Å². The summed E-state index contributed by atoms with van der Waals surface area (Å²) >= 11 is 12.0. The van der Waals surface area contributed by atoms with Gasteiger partial charge in [-0.25, -0.2) is 4.98 Å². The zero-order valence-corrected chi connectivity index (χ0v) is 15.5. The molecule has 132 valence electrons. The van der Waals surface area contributed by atoms with Crippen molar-refractivity contribution >= 4 is 29.1 Å². The lowest BCUT2D eigenvalue weighted by Crippen LogP contribution is -2.25. The Morgan fingerprint density at radius 3 is 2.92 bits per heavy atom. The molecular weight excluding hydrogens is 359 g/mol. The molecule has 0 radical (unpaired) electrons. The molecule has 0 saturated heterocycles. The quantitative estimate of drug-likeness (QED) is 0.765. The van der Waals surface area contributed by atoms with Crippen LogP contribution >= 0.6 is 23.2 Å². The Bertz CT molecular complexity index is 767. The summed E-state index contributed by atoms with van der Waals surface area (Å²) in [6.07, 6.45) is 3.43. The van der Waals surface area contributed by atoms with Crippen LogP contribution in [0.5, 0.6) is 5.88 Å². The van der Waals surface area contributed by atoms with Crippen LogP contribution in [0.2, 0.25) is 10.0 Å². The lowest BCUT2D eigenvalue weighted by atomic mass is 10.1. The maximum Gasteiger partial charge on any atom is 0.224 e. The number of hydrogen-bond donors (Lipinski definition) is 1. The zero-order chi connectivity index (χ0) is 17.8. The number of pyridine rings is 1. The molecule has 25 heavy (non-hydrogen) atoms. The van der Waals surface area contributed by atoms with Gasteiger partial charge in [0.25, 0.3) is 0 Å². The van der Waals surface area contributed by atoms with Gasteiger partial charge in [0.1, 0.15) is 0 Å². The van der Waals surface area contributed by atoms with Crippen molar-refractivity contribution in [2.75, 3.05) is 6.61 Å². The highest BCUT2D eigenvalue weighted by Gasteiger charge is 2.43. The molecule has 1 N–H and O–H groups in total. The number of rotatable bonds is 7. The van der Waals surface area contributed by atoms with Gasteiger partial charge in [0.05, 0.1) is 16.7 Å². The van der Waals surface area contributed by atoms with Crippen molar-refractivity contribution < 1.29 is 9.53 Å². The highest BCUT2D eigenvalue weighted by atomic mass is 35.5. The normalized spacial score (nSPS) is 18.7. The first kappa shape index (κ1) is 18.0. The summed E-state index contributed by atoms with van der Waals surface area (Å²) in [5, 5.41) is 4.04. The SMILES string of the molecule is CCCOc1ncccc1CNC(=O)C1CC1c1ccc(Cl)c(Cl)c1. The van der Waals surface area contributed by atoms with E-state index in [0.717, 1.165) is 24.0 Å². The molecular formula is C19H20Cl2N2O2. The van der Waals surface area contributed by atoms with Crippen LogP contribution in [0.25, 0.3) is 0 Å². The molecule has 1 aliphatic carbocycles. The van der Waals surface area contributed by atoms with E-state index in [1.807, 2.05) is 31.2 Å². The van der Waals surface area contributed by atoms with Gasteiger partial charge in [-0.05, 0) is 42.5 Å². The molecule has 1 amide bonds. The van der Waals surface area contributed by atoms with Crippen molar-refractivity contribution in [3.8, 4) is 5.88 Å². The number of nitrogens with one attached hydrogen (secondary N) is 1. The molecule has 2 atom stereocenters. The van der Waals surface area contributed by atoms with Crippen LogP contribution < -0.4 is 10.1 Å². The second-order valence-electron chi connectivity index (χ2n) is 6.16. The minimum atomic E-state index is -0.0195. The van der Waals surface area contributed by atoms with Crippen molar-refractivity contribution in [3.05, 3.63) is 57.7 Å². The van der Waals surface area contributed by atoms with Gasteiger partial charge in [-0.15, -0.1) is 0 Å². The Balaban J connectivity index is 1.57. The van der Waals surface area contributed by atoms with Crippen LogP contribution in [-0.2, 0) is 11.3 Å². The molecule has 0 spiro atoms. The van der Waals surface area contributed by atoms with E-state index in [0.29, 0.717) is 29.1 Å². The van der Waals surface area contributed by atoms with E-state index in [9.17, 15) is 4.79 Å². The number of carbonyl (C=O) groups excluding carboxylic acids is 1. The number of halogens is 2. The minimum Gasteiger partial charge on any atom is -0.477 e. The number of benzene rings is 1. The molecule has 1 aromatic heterocycles. The molecule has 2 unspecified atom stereocenters. The van der Waals surface area contributed by atoms with Gasteiger partial charge in [0, 0.05) is 24.2 Å². The molecule has 1 fully saturated rings. The number of amides is 1. The third-order valence-corrected chi connectivity index (χ3v) is 4.98. The third-order valence-electron chi connectivity index (χ3n) is 4.24. The van der Waals surface area contributed by atoms with Gasteiger partial charge in [0.2, 0.25) is 11.8 Å². The Hall–Kier alpha value is -1.78. The first-order valence-electron chi connectivity index (χ1n) is 8.39. The van der Waals surface area contributed by atoms with E-state index in [1.165, 1.54) is 0 Å². The molecule has 1 aromatic carbocycles. The van der Waals surface area contributed by atoms with Gasteiger partial charge in [-0.3, -0.25) is 4.79 Å². The lowest BCUT2D eigenvalue weighted by molar-refractivity contribution is -0.122. The number of hydrogen-bond acceptors (Lipinski definition) is 3. The monoisotopic (exact) mass is 378 g/mol. The third kappa shape index (κ3) is 4.44. The molecule has 0 bridgehead atoms. The fourth-order valence-corrected chi connectivity index (χ4v) is 3.10. The summed E-state index contributed by atoms with van der Waals surface area (Å²) in [6.45, 7) is 3.07. The van der Waals surface area contributed by atoms with Crippen molar-refractivity contribution in [1.29, 1.82) is 0 Å². The molecule has 4 nitrogen and oxygen atoms in total. The van der Waals surface area contributed by atoms with Crippen LogP contribution in [0, 0.1) is 5.92 Å². The topological polar surface area (TPSA) is 51.2 Å². The summed E-state index contributed by atoms with van der Waals surface area (Å²) in [5.74, 6) is 0.816. The fourth-order valence-electron chi connectivity index (χ4n) is 2.80. The standard InChI is InChI=1S/C19H20Cl2N2O2/c1-2-8-25-19-13(4-3-7-22-19)11-23-18(24)15-10-14(15)12-5-6-16(20)17(21)9-12/h3-7,9,14-15H,2,8,10-11H2,1H3,(H,23,24). The van der Waals surface area contributed by atoms with Crippen LogP contribution in [0.15, 0.2) is 36.5 Å². The minimum absolute atomic E-state index is 0.0195. The van der Waals surface area contributed by atoms with Crippen LogP contribution in [0.3, 0.4) is 0 Å². The van der Waals surface area contributed by atoms with Crippen LogP contribution in [0.4, 0.5) is 0 Å². The second kappa shape index (κ2) is 8.07. The molecule has 0 aliphatic heterocycles. The number of nitrogens with zero attached hydrogens (tertiary/aromatic N) is 1. The summed E-state index contributed by atoms with van der Waals surface area (Å²) in [5.41, 5.74) is 1.94. The largest absolute Gasteiger partial charge is 0.477 e. The Morgan fingerprint density at radius 2 is 2.16 bits per heavy atom. The van der Waals surface area contributed by atoms with Crippen LogP contribution in [-0.4, -0.2) is 17.5 Å². The average molecular weight is 379 g/mol. The summed E-state index contributed by atoms with van der Waals surface area (Å²) < 4.78 is 5.62. The average Bonchev–Trinajstić information content (AvgIpc) is 3.42. The first-order valence-corrected chi connectivity index (χ1v) is 9.15. The molecule has 3 rings (SSSR count).